The van der Waals surface area contributed by atoms with Gasteiger partial charge in [-0.05, 0) is 25.5 Å². The maximum absolute atomic E-state index is 12.2. The van der Waals surface area contributed by atoms with E-state index in [0.29, 0.717) is 17.9 Å². The maximum Gasteiger partial charge on any atom is 0.363 e. The van der Waals surface area contributed by atoms with Crippen molar-refractivity contribution in [2.45, 2.75) is 33.1 Å². The molecule has 2 aromatic rings. The Morgan fingerprint density at radius 2 is 1.92 bits per heavy atom. The zero-order valence-corrected chi connectivity index (χ0v) is 15.0. The van der Waals surface area contributed by atoms with Crippen LogP contribution in [0.2, 0.25) is 0 Å². The summed E-state index contributed by atoms with van der Waals surface area (Å²) in [6.45, 7) is 3.89. The highest BCUT2D eigenvalue weighted by molar-refractivity contribution is 5.89. The Morgan fingerprint density at radius 3 is 2.62 bits per heavy atom. The maximum atomic E-state index is 12.2. The Kier molecular flexibility index (Phi) is 7.08. The van der Waals surface area contributed by atoms with E-state index < -0.39 is 23.9 Å². The Labute approximate surface area is 152 Å². The number of carbonyl (C=O) groups is 2. The number of ether oxygens (including phenoxy) is 1. The van der Waals surface area contributed by atoms with Crippen molar-refractivity contribution in [3.63, 3.8) is 0 Å². The largest absolute Gasteiger partial charge is 0.451 e. The molecule has 0 radical (unpaired) electrons. The first-order chi connectivity index (χ1) is 12.5. The summed E-state index contributed by atoms with van der Waals surface area (Å²) in [4.78, 5) is 35.9. The molecule has 0 spiro atoms. The molecule has 0 aliphatic heterocycles. The number of nitrogens with one attached hydrogen (secondary N) is 1. The average molecular weight is 357 g/mol. The van der Waals surface area contributed by atoms with E-state index in [1.54, 1.807) is 6.92 Å². The van der Waals surface area contributed by atoms with Gasteiger partial charge in [0.05, 0.1) is 5.69 Å². The molecule has 0 aliphatic rings. The summed E-state index contributed by atoms with van der Waals surface area (Å²) < 4.78 is 6.42. The van der Waals surface area contributed by atoms with Gasteiger partial charge in [-0.25, -0.2) is 9.48 Å². The second-order valence-corrected chi connectivity index (χ2v) is 5.88. The molecule has 1 aromatic heterocycles. The molecule has 1 heterocycles. The molecule has 7 heteroatoms. The van der Waals surface area contributed by atoms with E-state index in [4.69, 9.17) is 4.74 Å². The van der Waals surface area contributed by atoms with Gasteiger partial charge in [0.2, 0.25) is 11.1 Å². The van der Waals surface area contributed by atoms with Crippen molar-refractivity contribution in [1.29, 1.82) is 0 Å². The van der Waals surface area contributed by atoms with Gasteiger partial charge in [0.15, 0.2) is 6.61 Å². The summed E-state index contributed by atoms with van der Waals surface area (Å²) in [6, 6.07) is 10.5. The van der Waals surface area contributed by atoms with Crippen molar-refractivity contribution < 1.29 is 14.3 Å². The van der Waals surface area contributed by atoms with Gasteiger partial charge in [-0.3, -0.25) is 9.59 Å². The fourth-order valence-corrected chi connectivity index (χ4v) is 2.37. The molecule has 1 amide bonds. The van der Waals surface area contributed by atoms with Gasteiger partial charge in [-0.1, -0.05) is 38.0 Å². The van der Waals surface area contributed by atoms with Crippen LogP contribution in [-0.4, -0.2) is 34.8 Å². The highest BCUT2D eigenvalue weighted by Gasteiger charge is 2.18. The molecule has 0 saturated heterocycles. The first-order valence-corrected chi connectivity index (χ1v) is 8.63. The van der Waals surface area contributed by atoms with E-state index in [0.717, 1.165) is 19.3 Å². The van der Waals surface area contributed by atoms with Crippen molar-refractivity contribution in [3.05, 3.63) is 58.0 Å². The van der Waals surface area contributed by atoms with E-state index >= 15 is 0 Å². The van der Waals surface area contributed by atoms with Crippen LogP contribution < -0.4 is 10.7 Å². The quantitative estimate of drug-likeness (QED) is 0.576. The molecule has 0 aliphatic carbocycles. The third-order valence-electron chi connectivity index (χ3n) is 3.74. The standard InChI is InChI=1S/C19H23N3O4/c1-3-4-8-11-20-17(24)13-26-19(25)18-16(23)12-14(2)22(21-18)15-9-6-5-7-10-15/h5-7,9-10,12H,3-4,8,11,13H2,1-2H3,(H,20,24). The lowest BCUT2D eigenvalue weighted by Crippen LogP contribution is -2.31. The minimum Gasteiger partial charge on any atom is -0.451 e. The number of para-hydroxylation sites is 1. The monoisotopic (exact) mass is 357 g/mol. The Morgan fingerprint density at radius 1 is 1.19 bits per heavy atom. The minimum absolute atomic E-state index is 0.349. The lowest BCUT2D eigenvalue weighted by Gasteiger charge is -2.11. The molecule has 0 fully saturated rings. The molecule has 2 rings (SSSR count). The first-order valence-electron chi connectivity index (χ1n) is 8.63. The first kappa shape index (κ1) is 19.4. The summed E-state index contributed by atoms with van der Waals surface area (Å²) in [5.41, 5.74) is 0.417. The SMILES string of the molecule is CCCCCNC(=O)COC(=O)c1nn(-c2ccccc2)c(C)cc1=O. The van der Waals surface area contributed by atoms with Gasteiger partial charge in [-0.2, -0.15) is 5.10 Å². The molecule has 26 heavy (non-hydrogen) atoms. The fraction of sp³-hybridized carbons (Fsp3) is 0.368. The molecule has 1 N–H and O–H groups in total. The number of aryl methyl sites for hydroxylation is 1. The number of rotatable bonds is 8. The number of nitrogens with zero attached hydrogens (tertiary/aromatic N) is 2. The van der Waals surface area contributed by atoms with Crippen molar-refractivity contribution in [1.82, 2.24) is 15.1 Å². The number of benzene rings is 1. The van der Waals surface area contributed by atoms with Crippen LogP contribution in [0.1, 0.15) is 42.4 Å². The minimum atomic E-state index is -0.914. The van der Waals surface area contributed by atoms with Crippen LogP contribution in [0.25, 0.3) is 5.69 Å². The molecule has 0 atom stereocenters. The second-order valence-electron chi connectivity index (χ2n) is 5.88. The van der Waals surface area contributed by atoms with Crippen molar-refractivity contribution >= 4 is 11.9 Å². The van der Waals surface area contributed by atoms with Gasteiger partial charge in [0, 0.05) is 18.3 Å². The van der Waals surface area contributed by atoms with Crippen molar-refractivity contribution in [2.75, 3.05) is 13.2 Å². The van der Waals surface area contributed by atoms with E-state index in [2.05, 4.69) is 17.3 Å². The number of unbranched alkanes of at least 4 members (excludes halogenated alkanes) is 2. The van der Waals surface area contributed by atoms with Crippen molar-refractivity contribution in [3.8, 4) is 5.69 Å². The third kappa shape index (κ3) is 5.27. The zero-order valence-electron chi connectivity index (χ0n) is 15.0. The van der Waals surface area contributed by atoms with Gasteiger partial charge in [-0.15, -0.1) is 0 Å². The Bertz CT molecular complexity index is 815. The lowest BCUT2D eigenvalue weighted by molar-refractivity contribution is -0.124. The highest BCUT2D eigenvalue weighted by atomic mass is 16.5. The molecule has 0 bridgehead atoms. The number of hydrogen-bond donors (Lipinski definition) is 1. The summed E-state index contributed by atoms with van der Waals surface area (Å²) in [7, 11) is 0. The summed E-state index contributed by atoms with van der Waals surface area (Å²) >= 11 is 0. The van der Waals surface area contributed by atoms with Crippen molar-refractivity contribution in [2.24, 2.45) is 0 Å². The van der Waals surface area contributed by atoms with Crippen LogP contribution in [0.4, 0.5) is 0 Å². The van der Waals surface area contributed by atoms with Crippen LogP contribution in [0, 0.1) is 6.92 Å². The predicted octanol–water partition coefficient (Wildman–Crippen LogP) is 2.00. The van der Waals surface area contributed by atoms with Gasteiger partial charge >= 0.3 is 5.97 Å². The second kappa shape index (κ2) is 9.50. The average Bonchev–Trinajstić information content (AvgIpc) is 2.64. The van der Waals surface area contributed by atoms with E-state index in [1.807, 2.05) is 30.3 Å². The number of aromatic nitrogens is 2. The Hall–Kier alpha value is -2.96. The fourth-order valence-electron chi connectivity index (χ4n) is 2.37. The summed E-state index contributed by atoms with van der Waals surface area (Å²) in [6.07, 6.45) is 2.95. The molecule has 0 saturated carbocycles. The lowest BCUT2D eigenvalue weighted by atomic mass is 10.2. The van der Waals surface area contributed by atoms with Gasteiger partial charge in [0.25, 0.3) is 5.91 Å². The highest BCUT2D eigenvalue weighted by Crippen LogP contribution is 2.08. The molecular weight excluding hydrogens is 334 g/mol. The Balaban J connectivity index is 2.05. The number of esters is 1. The molecule has 1 aromatic carbocycles. The predicted molar refractivity (Wildman–Crippen MR) is 97.4 cm³/mol. The van der Waals surface area contributed by atoms with Crippen LogP contribution >= 0.6 is 0 Å². The van der Waals surface area contributed by atoms with E-state index in [-0.39, 0.29) is 5.69 Å². The van der Waals surface area contributed by atoms with E-state index in [9.17, 15) is 14.4 Å². The van der Waals surface area contributed by atoms with Crippen LogP contribution in [0.3, 0.4) is 0 Å². The number of carbonyl (C=O) groups excluding carboxylic acids is 2. The van der Waals surface area contributed by atoms with Gasteiger partial charge < -0.3 is 10.1 Å². The smallest absolute Gasteiger partial charge is 0.363 e. The third-order valence-corrected chi connectivity index (χ3v) is 3.74. The summed E-state index contributed by atoms with van der Waals surface area (Å²) in [5, 5.41) is 6.77. The molecule has 7 nitrogen and oxygen atoms in total. The number of amides is 1. The van der Waals surface area contributed by atoms with Crippen LogP contribution in [-0.2, 0) is 9.53 Å². The topological polar surface area (TPSA) is 90.3 Å². The zero-order chi connectivity index (χ0) is 18.9. The molecule has 138 valence electrons. The number of hydrogen-bond acceptors (Lipinski definition) is 5. The van der Waals surface area contributed by atoms with E-state index in [1.165, 1.54) is 10.7 Å². The molecular formula is C19H23N3O4. The molecule has 0 unspecified atom stereocenters. The van der Waals surface area contributed by atoms with Crippen LogP contribution in [0.5, 0.6) is 0 Å². The van der Waals surface area contributed by atoms with Crippen LogP contribution in [0.15, 0.2) is 41.2 Å². The normalized spacial score (nSPS) is 10.4. The summed E-state index contributed by atoms with van der Waals surface area (Å²) in [5.74, 6) is -1.31. The van der Waals surface area contributed by atoms with Gasteiger partial charge in [0.1, 0.15) is 0 Å².